The van der Waals surface area contributed by atoms with E-state index < -0.39 is 0 Å². The minimum atomic E-state index is 0.175. The van der Waals surface area contributed by atoms with E-state index in [4.69, 9.17) is 9.97 Å². The molecule has 0 aromatic carbocycles. The lowest BCUT2D eigenvalue weighted by atomic mass is 9.89. The van der Waals surface area contributed by atoms with Gasteiger partial charge in [0, 0.05) is 92.6 Å². The first kappa shape index (κ1) is 38.3. The van der Waals surface area contributed by atoms with Gasteiger partial charge in [0.15, 0.2) is 0 Å². The highest BCUT2D eigenvalue weighted by Crippen LogP contribution is 2.35. The topological polar surface area (TPSA) is 85.0 Å². The van der Waals surface area contributed by atoms with Gasteiger partial charge in [-0.3, -0.25) is 24.6 Å². The van der Waals surface area contributed by atoms with Crippen LogP contribution < -0.4 is 0 Å². The number of carbonyl (C=O) groups excluding carboxylic acids is 1. The van der Waals surface area contributed by atoms with Gasteiger partial charge in [-0.2, -0.15) is 0 Å². The fraction of sp³-hybridized carbons (Fsp3) is 0.465. The number of rotatable bonds is 10. The molecular weight excluding hydrogens is 709 g/mol. The van der Waals surface area contributed by atoms with Gasteiger partial charge in [0.2, 0.25) is 0 Å². The van der Waals surface area contributed by atoms with Crippen molar-refractivity contribution in [2.45, 2.75) is 91.1 Å². The number of ketones is 1. The summed E-state index contributed by atoms with van der Waals surface area (Å²) < 4.78 is 4.43. The van der Waals surface area contributed by atoms with Crippen LogP contribution in [0.3, 0.4) is 0 Å². The Morgan fingerprint density at radius 3 is 1.67 bits per heavy atom. The van der Waals surface area contributed by atoms with Gasteiger partial charge in [-0.15, -0.1) is 22.7 Å². The van der Waals surface area contributed by atoms with E-state index in [1.54, 1.807) is 18.3 Å². The van der Waals surface area contributed by atoms with Gasteiger partial charge in [-0.1, -0.05) is 12.2 Å². The molecular formula is C43H54N8OS2. The number of likely N-dealkylation sites (tertiary alicyclic amines) is 2. The van der Waals surface area contributed by atoms with Gasteiger partial charge in [-0.05, 0) is 114 Å². The number of fused-ring (bicyclic) bond motifs is 2. The van der Waals surface area contributed by atoms with Crippen LogP contribution in [0.15, 0.2) is 61.2 Å². The molecule has 2 aliphatic heterocycles. The maximum absolute atomic E-state index is 11.3. The predicted molar refractivity (Wildman–Crippen MR) is 223 cm³/mol. The summed E-state index contributed by atoms with van der Waals surface area (Å²) in [6, 6.07) is 8.81. The summed E-state index contributed by atoms with van der Waals surface area (Å²) in [6.07, 6.45) is 14.5. The number of allylic oxidation sites excluding steroid dienone is 1. The van der Waals surface area contributed by atoms with Crippen molar-refractivity contribution in [1.82, 2.24) is 38.9 Å². The number of Topliss-reactive ketones (excluding diaryl/α,β-unsaturated/α-hetero) is 1. The minimum absolute atomic E-state index is 0.175. The maximum Gasteiger partial charge on any atom is 0.136 e. The lowest BCUT2D eigenvalue weighted by Gasteiger charge is -2.33. The Bertz CT molecular complexity index is 2100. The van der Waals surface area contributed by atoms with E-state index in [1.807, 2.05) is 17.5 Å². The third-order valence-corrected chi connectivity index (χ3v) is 12.6. The Morgan fingerprint density at radius 1 is 0.759 bits per heavy atom. The molecule has 0 saturated carbocycles. The van der Waals surface area contributed by atoms with Gasteiger partial charge in [0.05, 0.1) is 33.5 Å². The Hall–Kier alpha value is -4.03. The zero-order chi connectivity index (χ0) is 37.9. The Balaban J connectivity index is 0.000000167. The van der Waals surface area contributed by atoms with Crippen LogP contribution in [0.2, 0.25) is 0 Å². The van der Waals surface area contributed by atoms with Crippen molar-refractivity contribution in [3.05, 3.63) is 103 Å². The Kier molecular flexibility index (Phi) is 11.9. The van der Waals surface area contributed by atoms with Gasteiger partial charge in [-0.25, -0.2) is 9.97 Å². The number of aryl methyl sites for hydroxylation is 4. The number of carbonyl (C=O) groups is 1. The van der Waals surface area contributed by atoms with Crippen LogP contribution in [0.5, 0.6) is 0 Å². The smallest absolute Gasteiger partial charge is 0.136 e. The molecule has 0 N–H and O–H groups in total. The molecule has 8 rings (SSSR count). The molecule has 8 heterocycles. The van der Waals surface area contributed by atoms with Crippen LogP contribution in [0.25, 0.3) is 22.1 Å². The van der Waals surface area contributed by atoms with E-state index >= 15 is 0 Å². The summed E-state index contributed by atoms with van der Waals surface area (Å²) in [6.45, 7) is 18.3. The second-order valence-electron chi connectivity index (χ2n) is 15.6. The third kappa shape index (κ3) is 9.08. The van der Waals surface area contributed by atoms with Crippen molar-refractivity contribution < 1.29 is 4.79 Å². The first-order valence-corrected chi connectivity index (χ1v) is 20.9. The Morgan fingerprint density at radius 2 is 1.22 bits per heavy atom. The number of piperidine rings is 2. The first-order valence-electron chi connectivity index (χ1n) is 19.3. The standard InChI is InChI=1S/C22H28N4S.C21H26N4OS/c1-15(2)10-21-23-12-18(27-21)14-26-8-5-6-17(13-26)19-11-16(3)24-20-7-9-25(4)22(19)20;1-14-9-18(21-19(23-14)6-8-24(21)3)16-5-4-7-25(12-16)13-17-11-22-20(27-17)10-15(2)26/h7,9,11-12,17H,1,5-6,8,10,13-14H2,2-4H3;6,8-9,11,16H,4-5,7,10,12-13H2,1-3H3. The van der Waals surface area contributed by atoms with E-state index in [0.717, 1.165) is 66.6 Å². The molecule has 0 spiro atoms. The van der Waals surface area contributed by atoms with Gasteiger partial charge in [0.25, 0.3) is 0 Å². The molecule has 0 aliphatic carbocycles. The average molecular weight is 763 g/mol. The number of hydrogen-bond donors (Lipinski definition) is 0. The molecule has 6 aromatic heterocycles. The van der Waals surface area contributed by atoms with Crippen molar-refractivity contribution in [2.24, 2.45) is 14.1 Å². The molecule has 2 aliphatic rings. The second kappa shape index (κ2) is 16.8. The van der Waals surface area contributed by atoms with Crippen molar-refractivity contribution in [3.63, 3.8) is 0 Å². The van der Waals surface area contributed by atoms with Crippen molar-refractivity contribution >= 4 is 50.5 Å². The molecule has 284 valence electrons. The van der Waals surface area contributed by atoms with Crippen LogP contribution in [-0.2, 0) is 44.8 Å². The van der Waals surface area contributed by atoms with E-state index in [9.17, 15) is 4.79 Å². The zero-order valence-electron chi connectivity index (χ0n) is 32.8. The van der Waals surface area contributed by atoms with Crippen molar-refractivity contribution in [1.29, 1.82) is 0 Å². The van der Waals surface area contributed by atoms with Gasteiger partial charge < -0.3 is 9.13 Å². The largest absolute Gasteiger partial charge is 0.349 e. The quantitative estimate of drug-likeness (QED) is 0.129. The normalized spacial score (nSPS) is 18.3. The lowest BCUT2D eigenvalue weighted by Crippen LogP contribution is -2.33. The second-order valence-corrected chi connectivity index (χ2v) is 18.0. The van der Waals surface area contributed by atoms with Crippen molar-refractivity contribution in [2.75, 3.05) is 26.2 Å². The monoisotopic (exact) mass is 762 g/mol. The molecule has 0 bridgehead atoms. The highest BCUT2D eigenvalue weighted by atomic mass is 32.1. The number of hydrogen-bond acceptors (Lipinski definition) is 9. The summed E-state index contributed by atoms with van der Waals surface area (Å²) in [5.74, 6) is 1.27. The lowest BCUT2D eigenvalue weighted by molar-refractivity contribution is -0.116. The molecule has 2 saturated heterocycles. The number of aromatic nitrogens is 6. The molecule has 0 radical (unpaired) electrons. The molecule has 11 heteroatoms. The number of nitrogens with zero attached hydrogens (tertiary/aromatic N) is 8. The zero-order valence-corrected chi connectivity index (χ0v) is 34.4. The summed E-state index contributed by atoms with van der Waals surface area (Å²) in [5, 5.41) is 2.11. The van der Waals surface area contributed by atoms with Crippen LogP contribution in [0.1, 0.15) is 93.7 Å². The summed E-state index contributed by atoms with van der Waals surface area (Å²) in [7, 11) is 4.24. The van der Waals surface area contributed by atoms with E-state index in [1.165, 1.54) is 74.7 Å². The predicted octanol–water partition coefficient (Wildman–Crippen LogP) is 8.69. The third-order valence-electron chi connectivity index (χ3n) is 10.7. The summed E-state index contributed by atoms with van der Waals surface area (Å²) >= 11 is 3.51. The van der Waals surface area contributed by atoms with Crippen LogP contribution in [-0.4, -0.2) is 70.8 Å². The highest BCUT2D eigenvalue weighted by Gasteiger charge is 2.26. The van der Waals surface area contributed by atoms with Crippen LogP contribution >= 0.6 is 22.7 Å². The van der Waals surface area contributed by atoms with E-state index in [2.05, 4.69) is 113 Å². The summed E-state index contributed by atoms with van der Waals surface area (Å²) in [4.78, 5) is 37.4. The van der Waals surface area contributed by atoms with Crippen LogP contribution in [0, 0.1) is 13.8 Å². The molecule has 2 fully saturated rings. The number of thiazole rings is 2. The fourth-order valence-electron chi connectivity index (χ4n) is 8.39. The molecule has 2 atom stereocenters. The Labute approximate surface area is 327 Å². The average Bonchev–Trinajstić information content (AvgIpc) is 3.93. The van der Waals surface area contributed by atoms with E-state index in [-0.39, 0.29) is 5.78 Å². The fourth-order valence-corrected chi connectivity index (χ4v) is 10.5. The van der Waals surface area contributed by atoms with Crippen LogP contribution in [0.4, 0.5) is 0 Å². The molecule has 2 unspecified atom stereocenters. The maximum atomic E-state index is 11.3. The van der Waals surface area contributed by atoms with Gasteiger partial charge in [0.1, 0.15) is 10.8 Å². The first-order chi connectivity index (χ1) is 26.0. The van der Waals surface area contributed by atoms with E-state index in [0.29, 0.717) is 18.3 Å². The molecule has 0 amide bonds. The molecule has 6 aromatic rings. The highest BCUT2D eigenvalue weighted by molar-refractivity contribution is 7.11. The minimum Gasteiger partial charge on any atom is -0.349 e. The van der Waals surface area contributed by atoms with Crippen molar-refractivity contribution in [3.8, 4) is 0 Å². The SMILES string of the molecule is C=C(C)Cc1ncc(CN2CCCC(c3cc(C)nc4ccn(C)c34)C2)s1.CC(=O)Cc1ncc(CN2CCCC(c3cc(C)nc4ccn(C)c34)C2)s1. The molecule has 54 heavy (non-hydrogen) atoms. The summed E-state index contributed by atoms with van der Waals surface area (Å²) in [5.41, 5.74) is 11.1. The molecule has 9 nitrogen and oxygen atoms in total. The van der Waals surface area contributed by atoms with Gasteiger partial charge >= 0.3 is 0 Å². The number of pyridine rings is 2.